The zero-order valence-electron chi connectivity index (χ0n) is 12.0. The van der Waals surface area contributed by atoms with Gasteiger partial charge in [0.2, 0.25) is 0 Å². The molecule has 2 aromatic rings. The van der Waals surface area contributed by atoms with E-state index in [1.807, 2.05) is 18.2 Å². The van der Waals surface area contributed by atoms with Crippen LogP contribution in [0.1, 0.15) is 22.2 Å². The molecule has 0 atom stereocenters. The number of methoxy groups -OCH3 is 1. The topological polar surface area (TPSA) is 44.5 Å². The molecule has 0 amide bonds. The molecule has 3 nitrogen and oxygen atoms in total. The Hall–Kier alpha value is -1.52. The van der Waals surface area contributed by atoms with Crippen LogP contribution >= 0.6 is 11.3 Å². The summed E-state index contributed by atoms with van der Waals surface area (Å²) in [6, 6.07) is 10.2. The molecule has 108 valence electrons. The van der Waals surface area contributed by atoms with Crippen molar-refractivity contribution in [1.82, 2.24) is 0 Å². The molecule has 2 N–H and O–H groups in total. The van der Waals surface area contributed by atoms with E-state index in [1.165, 1.54) is 9.75 Å². The molecule has 0 aliphatic carbocycles. The molecule has 1 aromatic carbocycles. The van der Waals surface area contributed by atoms with Gasteiger partial charge in [-0.3, -0.25) is 0 Å². The molecule has 0 aliphatic heterocycles. The molecule has 0 bridgehead atoms. The summed E-state index contributed by atoms with van der Waals surface area (Å²) in [7, 11) is 1.66. The average molecular weight is 291 g/mol. The second-order valence-corrected chi connectivity index (χ2v) is 5.75. The quantitative estimate of drug-likeness (QED) is 0.850. The van der Waals surface area contributed by atoms with Crippen molar-refractivity contribution in [2.75, 3.05) is 13.7 Å². The second-order valence-electron chi connectivity index (χ2n) is 4.50. The van der Waals surface area contributed by atoms with Crippen molar-refractivity contribution in [1.29, 1.82) is 0 Å². The Bertz CT molecular complexity index is 551. The zero-order chi connectivity index (χ0) is 14.4. The summed E-state index contributed by atoms with van der Waals surface area (Å²) >= 11 is 1.79. The van der Waals surface area contributed by atoms with Crippen molar-refractivity contribution < 1.29 is 9.47 Å². The molecule has 0 saturated carbocycles. The predicted molar refractivity (Wildman–Crippen MR) is 83.8 cm³/mol. The fraction of sp³-hybridized carbons (Fsp3) is 0.375. The molecular weight excluding hydrogens is 270 g/mol. The summed E-state index contributed by atoms with van der Waals surface area (Å²) in [5.41, 5.74) is 6.75. The Labute approximate surface area is 124 Å². The molecule has 1 aromatic heterocycles. The molecule has 20 heavy (non-hydrogen) atoms. The van der Waals surface area contributed by atoms with Crippen LogP contribution in [0.25, 0.3) is 0 Å². The molecule has 0 unspecified atom stereocenters. The number of benzene rings is 1. The first-order valence-electron chi connectivity index (χ1n) is 6.84. The van der Waals surface area contributed by atoms with Crippen LogP contribution in [0.15, 0.2) is 30.3 Å². The van der Waals surface area contributed by atoms with E-state index in [1.54, 1.807) is 18.4 Å². The van der Waals surface area contributed by atoms with Gasteiger partial charge in [0.1, 0.15) is 6.61 Å². The van der Waals surface area contributed by atoms with Gasteiger partial charge in [-0.1, -0.05) is 19.1 Å². The Kier molecular flexibility index (Phi) is 5.44. The monoisotopic (exact) mass is 291 g/mol. The molecule has 4 heteroatoms. The molecule has 1 heterocycles. The van der Waals surface area contributed by atoms with E-state index in [4.69, 9.17) is 15.2 Å². The molecule has 0 saturated heterocycles. The van der Waals surface area contributed by atoms with E-state index < -0.39 is 0 Å². The van der Waals surface area contributed by atoms with Crippen LogP contribution in [0.5, 0.6) is 11.5 Å². The number of thiophene rings is 1. The van der Waals surface area contributed by atoms with Gasteiger partial charge < -0.3 is 15.2 Å². The smallest absolute Gasteiger partial charge is 0.164 e. The van der Waals surface area contributed by atoms with Gasteiger partial charge in [-0.25, -0.2) is 0 Å². The zero-order valence-corrected chi connectivity index (χ0v) is 12.8. The van der Waals surface area contributed by atoms with E-state index in [9.17, 15) is 0 Å². The third kappa shape index (κ3) is 3.52. The second kappa shape index (κ2) is 7.31. The number of rotatable bonds is 7. The SMILES string of the molecule is CCc1ccc(COc2c(CCN)cccc2OC)s1. The van der Waals surface area contributed by atoms with Gasteiger partial charge in [-0.2, -0.15) is 0 Å². The minimum absolute atomic E-state index is 0.572. The van der Waals surface area contributed by atoms with Crippen molar-refractivity contribution in [3.63, 3.8) is 0 Å². The van der Waals surface area contributed by atoms with E-state index in [-0.39, 0.29) is 0 Å². The highest BCUT2D eigenvalue weighted by molar-refractivity contribution is 7.11. The summed E-state index contributed by atoms with van der Waals surface area (Å²) in [5.74, 6) is 1.58. The van der Waals surface area contributed by atoms with E-state index in [0.717, 1.165) is 29.9 Å². The summed E-state index contributed by atoms with van der Waals surface area (Å²) < 4.78 is 11.4. The van der Waals surface area contributed by atoms with Gasteiger partial charge in [-0.15, -0.1) is 11.3 Å². The fourth-order valence-corrected chi connectivity index (χ4v) is 2.94. The predicted octanol–water partition coefficient (Wildman–Crippen LogP) is 3.40. The number of ether oxygens (including phenoxy) is 2. The normalized spacial score (nSPS) is 10.6. The van der Waals surface area contributed by atoms with Crippen LogP contribution in [-0.4, -0.2) is 13.7 Å². The first-order valence-corrected chi connectivity index (χ1v) is 7.66. The maximum atomic E-state index is 5.99. The standard InChI is InChI=1S/C16H21NO2S/c1-3-13-7-8-14(20-13)11-19-16-12(9-10-17)5-4-6-15(16)18-2/h4-8H,3,9-11,17H2,1-2H3. The lowest BCUT2D eigenvalue weighted by Gasteiger charge is -2.14. The van der Waals surface area contributed by atoms with Crippen molar-refractivity contribution in [3.8, 4) is 11.5 Å². The van der Waals surface area contributed by atoms with E-state index in [0.29, 0.717) is 13.2 Å². The maximum Gasteiger partial charge on any atom is 0.164 e. The third-order valence-corrected chi connectivity index (χ3v) is 4.32. The summed E-state index contributed by atoms with van der Waals surface area (Å²) in [6.45, 7) is 3.33. The van der Waals surface area contributed by atoms with Crippen molar-refractivity contribution >= 4 is 11.3 Å². The Morgan fingerprint density at radius 3 is 2.60 bits per heavy atom. The van der Waals surface area contributed by atoms with Gasteiger partial charge >= 0.3 is 0 Å². The van der Waals surface area contributed by atoms with Crippen molar-refractivity contribution in [2.24, 2.45) is 5.73 Å². The first kappa shape index (κ1) is 14.9. The molecule has 0 radical (unpaired) electrons. The van der Waals surface area contributed by atoms with Crippen molar-refractivity contribution in [2.45, 2.75) is 26.4 Å². The molecule has 2 rings (SSSR count). The lowest BCUT2D eigenvalue weighted by atomic mass is 10.1. The molecular formula is C16H21NO2S. The highest BCUT2D eigenvalue weighted by Crippen LogP contribution is 2.32. The van der Waals surface area contributed by atoms with Crippen molar-refractivity contribution in [3.05, 3.63) is 45.6 Å². The lowest BCUT2D eigenvalue weighted by Crippen LogP contribution is -2.06. The lowest BCUT2D eigenvalue weighted by molar-refractivity contribution is 0.284. The van der Waals surface area contributed by atoms with Crippen LogP contribution in [0.3, 0.4) is 0 Å². The van der Waals surface area contributed by atoms with Gasteiger partial charge in [-0.05, 0) is 43.1 Å². The highest BCUT2D eigenvalue weighted by Gasteiger charge is 2.11. The van der Waals surface area contributed by atoms with Gasteiger partial charge in [0.25, 0.3) is 0 Å². The van der Waals surface area contributed by atoms with Crippen LogP contribution in [0, 0.1) is 0 Å². The van der Waals surface area contributed by atoms with Crippen LogP contribution < -0.4 is 15.2 Å². The van der Waals surface area contributed by atoms with Gasteiger partial charge in [0.05, 0.1) is 7.11 Å². The van der Waals surface area contributed by atoms with Crippen LogP contribution in [-0.2, 0) is 19.4 Å². The summed E-state index contributed by atoms with van der Waals surface area (Å²) in [6.07, 6.45) is 1.86. The number of nitrogens with two attached hydrogens (primary N) is 1. The number of aryl methyl sites for hydroxylation is 1. The number of para-hydroxylation sites is 1. The third-order valence-electron chi connectivity index (χ3n) is 3.12. The minimum Gasteiger partial charge on any atom is -0.493 e. The summed E-state index contributed by atoms with van der Waals surface area (Å²) in [4.78, 5) is 2.61. The van der Waals surface area contributed by atoms with Gasteiger partial charge in [0.15, 0.2) is 11.5 Å². The van der Waals surface area contributed by atoms with E-state index in [2.05, 4.69) is 19.1 Å². The van der Waals surface area contributed by atoms with Crippen LogP contribution in [0.4, 0.5) is 0 Å². The Balaban J connectivity index is 2.14. The molecule has 0 spiro atoms. The van der Waals surface area contributed by atoms with Gasteiger partial charge in [0, 0.05) is 9.75 Å². The Morgan fingerprint density at radius 1 is 1.15 bits per heavy atom. The fourth-order valence-electron chi connectivity index (χ4n) is 2.07. The summed E-state index contributed by atoms with van der Waals surface area (Å²) in [5, 5.41) is 0. The minimum atomic E-state index is 0.572. The van der Waals surface area contributed by atoms with Crippen LogP contribution in [0.2, 0.25) is 0 Å². The Morgan fingerprint density at radius 2 is 1.95 bits per heavy atom. The largest absolute Gasteiger partial charge is 0.493 e. The first-order chi connectivity index (χ1) is 9.78. The maximum absolute atomic E-state index is 5.99. The number of hydrogen-bond acceptors (Lipinski definition) is 4. The molecule has 0 aliphatic rings. The molecule has 0 fully saturated rings. The number of hydrogen-bond donors (Lipinski definition) is 1. The highest BCUT2D eigenvalue weighted by atomic mass is 32.1. The van der Waals surface area contributed by atoms with E-state index >= 15 is 0 Å². The average Bonchev–Trinajstić information content (AvgIpc) is 2.94.